The predicted molar refractivity (Wildman–Crippen MR) is 141 cm³/mol. The van der Waals surface area contributed by atoms with Gasteiger partial charge in [0.25, 0.3) is 0 Å². The average Bonchev–Trinajstić information content (AvgIpc) is 3.35. The number of ketones is 1. The Morgan fingerprint density at radius 3 is 1.94 bits per heavy atom. The summed E-state index contributed by atoms with van der Waals surface area (Å²) in [7, 11) is 0. The second kappa shape index (κ2) is 8.01. The molecule has 0 spiro atoms. The maximum atomic E-state index is 14.6. The van der Waals surface area contributed by atoms with Crippen LogP contribution in [0.4, 0.5) is 5.69 Å². The van der Waals surface area contributed by atoms with Gasteiger partial charge in [-0.05, 0) is 53.8 Å². The van der Waals surface area contributed by atoms with Crippen molar-refractivity contribution >= 4 is 46.0 Å². The SMILES string of the molecule is CCC[C@@]12C(=O)[C@@](C)(C(c3ccccc3)=C1c1ccccc1)[C@H]1C(=O)N(c3cccc(Cl)c3)C(=O)[C@H]12. The fraction of sp³-hybridized carbons (Fsp3) is 0.258. The summed E-state index contributed by atoms with van der Waals surface area (Å²) < 4.78 is 0. The lowest BCUT2D eigenvalue weighted by molar-refractivity contribution is -0.134. The van der Waals surface area contributed by atoms with E-state index in [2.05, 4.69) is 0 Å². The summed E-state index contributed by atoms with van der Waals surface area (Å²) in [6.07, 6.45) is 1.22. The molecule has 4 nitrogen and oxygen atoms in total. The van der Waals surface area contributed by atoms with Crippen molar-refractivity contribution in [3.05, 3.63) is 101 Å². The van der Waals surface area contributed by atoms with Crippen LogP contribution in [0.25, 0.3) is 11.1 Å². The number of nitrogens with zero attached hydrogens (tertiary/aromatic N) is 1. The lowest BCUT2D eigenvalue weighted by atomic mass is 9.61. The number of benzene rings is 3. The molecule has 2 bridgehead atoms. The molecule has 0 unspecified atom stereocenters. The molecule has 6 rings (SSSR count). The van der Waals surface area contributed by atoms with Crippen molar-refractivity contribution in [1.29, 1.82) is 0 Å². The van der Waals surface area contributed by atoms with Gasteiger partial charge < -0.3 is 0 Å². The molecule has 36 heavy (non-hydrogen) atoms. The highest BCUT2D eigenvalue weighted by atomic mass is 35.5. The van der Waals surface area contributed by atoms with Gasteiger partial charge in [0.15, 0.2) is 5.78 Å². The standard InChI is InChI=1S/C31H26ClNO3/c1-3-17-31-24(20-13-8-5-9-14-20)23(19-11-6-4-7-12-19)30(2,29(31)36)25-26(31)28(35)33(27(25)34)22-16-10-15-21(32)18-22/h4-16,18,25-26H,3,17H2,1-2H3/t25-,26+,30+,31-/m1/s1. The lowest BCUT2D eigenvalue weighted by Crippen LogP contribution is -2.41. The monoisotopic (exact) mass is 495 g/mol. The van der Waals surface area contributed by atoms with Crippen molar-refractivity contribution < 1.29 is 14.4 Å². The van der Waals surface area contributed by atoms with Crippen molar-refractivity contribution in [3.8, 4) is 0 Å². The van der Waals surface area contributed by atoms with Crippen LogP contribution >= 0.6 is 11.6 Å². The lowest BCUT2D eigenvalue weighted by Gasteiger charge is -2.37. The Hall–Kier alpha value is -3.50. The second-order valence-electron chi connectivity index (χ2n) is 10.2. The third-order valence-corrected chi connectivity index (χ3v) is 8.62. The highest BCUT2D eigenvalue weighted by Gasteiger charge is 2.80. The number of carbonyl (C=O) groups is 3. The molecule has 3 aliphatic rings. The number of Topliss-reactive ketones (excluding diaryl/α,β-unsaturated/α-hetero) is 1. The van der Waals surface area contributed by atoms with E-state index in [-0.39, 0.29) is 17.6 Å². The Balaban J connectivity index is 1.66. The number of amides is 2. The van der Waals surface area contributed by atoms with Crippen LogP contribution in [-0.4, -0.2) is 17.6 Å². The summed E-state index contributed by atoms with van der Waals surface area (Å²) in [6, 6.07) is 26.6. The number of anilines is 1. The van der Waals surface area contributed by atoms with Gasteiger partial charge in [0.05, 0.1) is 28.4 Å². The molecule has 5 heteroatoms. The minimum atomic E-state index is -1.12. The zero-order chi connectivity index (χ0) is 25.2. The van der Waals surface area contributed by atoms with Crippen LogP contribution in [0, 0.1) is 22.7 Å². The molecule has 3 aromatic rings. The highest BCUT2D eigenvalue weighted by Crippen LogP contribution is 2.74. The van der Waals surface area contributed by atoms with E-state index in [0.29, 0.717) is 23.6 Å². The van der Waals surface area contributed by atoms with Crippen LogP contribution in [0.3, 0.4) is 0 Å². The maximum Gasteiger partial charge on any atom is 0.239 e. The van der Waals surface area contributed by atoms with Crippen molar-refractivity contribution in [3.63, 3.8) is 0 Å². The normalized spacial score (nSPS) is 28.9. The van der Waals surface area contributed by atoms with E-state index < -0.39 is 22.7 Å². The molecule has 1 aliphatic heterocycles. The first kappa shape index (κ1) is 22.9. The summed E-state index contributed by atoms with van der Waals surface area (Å²) in [5.41, 5.74) is 1.90. The van der Waals surface area contributed by atoms with E-state index in [1.807, 2.05) is 74.5 Å². The molecule has 3 aromatic carbocycles. The van der Waals surface area contributed by atoms with Gasteiger partial charge in [-0.3, -0.25) is 14.4 Å². The number of allylic oxidation sites excluding steroid dienone is 2. The van der Waals surface area contributed by atoms with E-state index in [0.717, 1.165) is 22.3 Å². The van der Waals surface area contributed by atoms with Crippen LogP contribution < -0.4 is 4.90 Å². The summed E-state index contributed by atoms with van der Waals surface area (Å²) in [4.78, 5) is 44.1. The minimum absolute atomic E-state index is 0.00278. The number of hydrogen-bond acceptors (Lipinski definition) is 3. The zero-order valence-electron chi connectivity index (χ0n) is 20.2. The minimum Gasteiger partial charge on any atom is -0.298 e. The molecule has 0 aromatic heterocycles. The first-order valence-electron chi connectivity index (χ1n) is 12.4. The summed E-state index contributed by atoms with van der Waals surface area (Å²) in [6.45, 7) is 3.92. The van der Waals surface area contributed by atoms with Gasteiger partial charge in [0.1, 0.15) is 0 Å². The van der Waals surface area contributed by atoms with Crippen LogP contribution in [0.1, 0.15) is 37.8 Å². The maximum absolute atomic E-state index is 14.6. The van der Waals surface area contributed by atoms with Crippen LogP contribution in [0.5, 0.6) is 0 Å². The Morgan fingerprint density at radius 2 is 1.36 bits per heavy atom. The highest BCUT2D eigenvalue weighted by molar-refractivity contribution is 6.35. The number of rotatable bonds is 5. The van der Waals surface area contributed by atoms with Crippen LogP contribution in [0.15, 0.2) is 84.9 Å². The van der Waals surface area contributed by atoms with Gasteiger partial charge in [-0.2, -0.15) is 0 Å². The Bertz CT molecular complexity index is 1450. The van der Waals surface area contributed by atoms with Crippen LogP contribution in [0.2, 0.25) is 5.02 Å². The van der Waals surface area contributed by atoms with Gasteiger partial charge in [0.2, 0.25) is 11.8 Å². The first-order valence-corrected chi connectivity index (χ1v) is 12.8. The van der Waals surface area contributed by atoms with E-state index in [9.17, 15) is 14.4 Å². The molecule has 2 aliphatic carbocycles. The number of halogens is 1. The van der Waals surface area contributed by atoms with E-state index >= 15 is 0 Å². The van der Waals surface area contributed by atoms with Gasteiger partial charge in [-0.25, -0.2) is 4.90 Å². The molecule has 1 saturated heterocycles. The summed E-state index contributed by atoms with van der Waals surface area (Å²) >= 11 is 6.23. The molecule has 0 N–H and O–H groups in total. The molecule has 1 saturated carbocycles. The molecule has 0 radical (unpaired) electrons. The third-order valence-electron chi connectivity index (χ3n) is 8.39. The predicted octanol–water partition coefficient (Wildman–Crippen LogP) is 6.45. The fourth-order valence-corrected chi connectivity index (χ4v) is 7.41. The van der Waals surface area contributed by atoms with Gasteiger partial charge in [-0.1, -0.05) is 91.7 Å². The average molecular weight is 496 g/mol. The number of imide groups is 1. The zero-order valence-corrected chi connectivity index (χ0v) is 21.0. The Labute approximate surface area is 215 Å². The molecule has 4 atom stereocenters. The second-order valence-corrected chi connectivity index (χ2v) is 10.6. The number of hydrogen-bond donors (Lipinski definition) is 0. The molecular weight excluding hydrogens is 470 g/mol. The molecule has 2 fully saturated rings. The number of fused-ring (bicyclic) bond motifs is 5. The van der Waals surface area contributed by atoms with E-state index in [4.69, 9.17) is 11.6 Å². The molecule has 180 valence electrons. The molecular formula is C31H26ClNO3. The summed E-state index contributed by atoms with van der Waals surface area (Å²) in [5.74, 6) is -2.13. The van der Waals surface area contributed by atoms with Gasteiger partial charge >= 0.3 is 0 Å². The fourth-order valence-electron chi connectivity index (χ4n) is 7.23. The van der Waals surface area contributed by atoms with E-state index in [1.54, 1.807) is 24.3 Å². The Kier molecular flexibility index (Phi) is 5.10. The smallest absolute Gasteiger partial charge is 0.239 e. The quantitative estimate of drug-likeness (QED) is 0.382. The molecule has 1 heterocycles. The van der Waals surface area contributed by atoms with E-state index in [1.165, 1.54) is 4.90 Å². The Morgan fingerprint density at radius 1 is 0.778 bits per heavy atom. The first-order chi connectivity index (χ1) is 17.4. The molecule has 2 amide bonds. The number of carbonyl (C=O) groups excluding carboxylic acids is 3. The summed E-state index contributed by atoms with van der Waals surface area (Å²) in [5, 5.41) is 0.451. The third kappa shape index (κ3) is 2.74. The topological polar surface area (TPSA) is 54.5 Å². The van der Waals surface area contributed by atoms with Crippen molar-refractivity contribution in [2.24, 2.45) is 22.7 Å². The van der Waals surface area contributed by atoms with Crippen LogP contribution in [-0.2, 0) is 14.4 Å². The van der Waals surface area contributed by atoms with Gasteiger partial charge in [0, 0.05) is 5.02 Å². The van der Waals surface area contributed by atoms with Crippen molar-refractivity contribution in [1.82, 2.24) is 0 Å². The largest absolute Gasteiger partial charge is 0.298 e. The van der Waals surface area contributed by atoms with Crippen molar-refractivity contribution in [2.75, 3.05) is 4.90 Å². The van der Waals surface area contributed by atoms with Gasteiger partial charge in [-0.15, -0.1) is 0 Å². The van der Waals surface area contributed by atoms with Crippen molar-refractivity contribution in [2.45, 2.75) is 26.7 Å².